The zero-order chi connectivity index (χ0) is 13.3. The summed E-state index contributed by atoms with van der Waals surface area (Å²) in [6, 6.07) is 0.685. The van der Waals surface area contributed by atoms with E-state index < -0.39 is 0 Å². The molecule has 0 radical (unpaired) electrons. The molecule has 1 aliphatic heterocycles. The van der Waals surface area contributed by atoms with Gasteiger partial charge in [-0.05, 0) is 39.2 Å². The third-order valence-corrected chi connectivity index (χ3v) is 4.60. The first-order chi connectivity index (χ1) is 8.47. The molecule has 0 aromatic rings. The Morgan fingerprint density at radius 1 is 1.17 bits per heavy atom. The van der Waals surface area contributed by atoms with Crippen molar-refractivity contribution >= 4 is 5.91 Å². The molecule has 2 fully saturated rings. The molecule has 18 heavy (non-hydrogen) atoms. The molecule has 4 unspecified atom stereocenters. The van der Waals surface area contributed by atoms with E-state index in [1.54, 1.807) is 0 Å². The summed E-state index contributed by atoms with van der Waals surface area (Å²) < 4.78 is 0. The second-order valence-electron chi connectivity index (χ2n) is 6.38. The smallest absolute Gasteiger partial charge is 0.225 e. The summed E-state index contributed by atoms with van der Waals surface area (Å²) >= 11 is 0. The highest BCUT2D eigenvalue weighted by Gasteiger charge is 2.34. The standard InChI is InChI=1S/C14H27N3O/c1-10-6-12(8-13(15)7-10)14(18)17-5-4-16(3)11(2)9-17/h10-13H,4-9,15H2,1-3H3. The van der Waals surface area contributed by atoms with Crippen molar-refractivity contribution in [1.82, 2.24) is 9.80 Å². The number of carbonyl (C=O) groups is 1. The quantitative estimate of drug-likeness (QED) is 0.756. The molecular weight excluding hydrogens is 226 g/mol. The van der Waals surface area contributed by atoms with Gasteiger partial charge in [-0.1, -0.05) is 6.92 Å². The molecule has 4 atom stereocenters. The summed E-state index contributed by atoms with van der Waals surface area (Å²) in [6.07, 6.45) is 2.97. The number of nitrogens with zero attached hydrogens (tertiary/aromatic N) is 2. The highest BCUT2D eigenvalue weighted by molar-refractivity contribution is 5.79. The maximum atomic E-state index is 12.5. The summed E-state index contributed by atoms with van der Waals surface area (Å²) in [4.78, 5) is 16.9. The second kappa shape index (κ2) is 5.57. The molecular formula is C14H27N3O. The van der Waals surface area contributed by atoms with Crippen LogP contribution in [0.5, 0.6) is 0 Å². The normalized spacial score (nSPS) is 38.8. The van der Waals surface area contributed by atoms with Gasteiger partial charge in [-0.2, -0.15) is 0 Å². The van der Waals surface area contributed by atoms with Crippen LogP contribution in [0.25, 0.3) is 0 Å². The third-order valence-electron chi connectivity index (χ3n) is 4.60. The van der Waals surface area contributed by atoms with Crippen molar-refractivity contribution in [1.29, 1.82) is 0 Å². The Kier molecular flexibility index (Phi) is 4.28. The molecule has 2 aliphatic rings. The van der Waals surface area contributed by atoms with Gasteiger partial charge in [0.2, 0.25) is 5.91 Å². The number of rotatable bonds is 1. The Morgan fingerprint density at radius 2 is 1.89 bits per heavy atom. The topological polar surface area (TPSA) is 49.6 Å². The molecule has 1 saturated carbocycles. The lowest BCUT2D eigenvalue weighted by Crippen LogP contribution is -2.54. The summed E-state index contributed by atoms with van der Waals surface area (Å²) in [7, 11) is 2.13. The number of amides is 1. The Balaban J connectivity index is 1.94. The van der Waals surface area contributed by atoms with Crippen molar-refractivity contribution in [2.24, 2.45) is 17.6 Å². The van der Waals surface area contributed by atoms with Crippen molar-refractivity contribution in [3.05, 3.63) is 0 Å². The molecule has 1 aliphatic carbocycles. The SMILES string of the molecule is CC1CC(N)CC(C(=O)N2CCN(C)C(C)C2)C1. The van der Waals surface area contributed by atoms with E-state index in [9.17, 15) is 4.79 Å². The van der Waals surface area contributed by atoms with Gasteiger partial charge in [-0.3, -0.25) is 4.79 Å². The van der Waals surface area contributed by atoms with E-state index in [4.69, 9.17) is 5.73 Å². The molecule has 2 rings (SSSR count). The minimum Gasteiger partial charge on any atom is -0.340 e. The van der Waals surface area contributed by atoms with Crippen molar-refractivity contribution in [3.63, 3.8) is 0 Å². The second-order valence-corrected chi connectivity index (χ2v) is 6.38. The van der Waals surface area contributed by atoms with E-state index in [1.165, 1.54) is 0 Å². The molecule has 0 aromatic carbocycles. The van der Waals surface area contributed by atoms with Crippen LogP contribution in [0.1, 0.15) is 33.1 Å². The Bertz CT molecular complexity index is 297. The van der Waals surface area contributed by atoms with E-state index in [0.29, 0.717) is 17.9 Å². The monoisotopic (exact) mass is 253 g/mol. The van der Waals surface area contributed by atoms with Gasteiger partial charge in [0.25, 0.3) is 0 Å². The predicted octanol–water partition coefficient (Wildman–Crippen LogP) is 0.912. The van der Waals surface area contributed by atoms with Crippen LogP contribution >= 0.6 is 0 Å². The average molecular weight is 253 g/mol. The van der Waals surface area contributed by atoms with Crippen LogP contribution in [0.3, 0.4) is 0 Å². The average Bonchev–Trinajstić information content (AvgIpc) is 2.30. The molecule has 4 nitrogen and oxygen atoms in total. The molecule has 0 spiro atoms. The highest BCUT2D eigenvalue weighted by atomic mass is 16.2. The Hall–Kier alpha value is -0.610. The van der Waals surface area contributed by atoms with E-state index in [2.05, 4.69) is 30.7 Å². The molecule has 0 aromatic heterocycles. The number of hydrogen-bond donors (Lipinski definition) is 1. The van der Waals surface area contributed by atoms with E-state index >= 15 is 0 Å². The van der Waals surface area contributed by atoms with Gasteiger partial charge in [0.1, 0.15) is 0 Å². The summed E-state index contributed by atoms with van der Waals surface area (Å²) in [5, 5.41) is 0. The lowest BCUT2D eigenvalue weighted by molar-refractivity contribution is -0.139. The van der Waals surface area contributed by atoms with Crippen LogP contribution in [0.2, 0.25) is 0 Å². The largest absolute Gasteiger partial charge is 0.340 e. The molecule has 1 amide bonds. The fourth-order valence-corrected chi connectivity index (χ4v) is 3.37. The van der Waals surface area contributed by atoms with Gasteiger partial charge in [-0.25, -0.2) is 0 Å². The fourth-order valence-electron chi connectivity index (χ4n) is 3.37. The van der Waals surface area contributed by atoms with Crippen molar-refractivity contribution in [2.45, 2.75) is 45.2 Å². The molecule has 1 heterocycles. The predicted molar refractivity (Wildman–Crippen MR) is 73.2 cm³/mol. The highest BCUT2D eigenvalue weighted by Crippen LogP contribution is 2.29. The first-order valence-electron chi connectivity index (χ1n) is 7.22. The Morgan fingerprint density at radius 3 is 2.50 bits per heavy atom. The van der Waals surface area contributed by atoms with Crippen molar-refractivity contribution in [3.8, 4) is 0 Å². The number of nitrogens with two attached hydrogens (primary N) is 1. The fraction of sp³-hybridized carbons (Fsp3) is 0.929. The summed E-state index contributed by atoms with van der Waals surface area (Å²) in [5.41, 5.74) is 6.05. The van der Waals surface area contributed by atoms with E-state index in [1.807, 2.05) is 0 Å². The molecule has 2 N–H and O–H groups in total. The summed E-state index contributed by atoms with van der Waals surface area (Å²) in [6.45, 7) is 7.14. The van der Waals surface area contributed by atoms with Crippen LogP contribution in [-0.2, 0) is 4.79 Å². The van der Waals surface area contributed by atoms with Crippen molar-refractivity contribution < 1.29 is 4.79 Å². The summed E-state index contributed by atoms with van der Waals surface area (Å²) in [5.74, 6) is 1.10. The zero-order valence-corrected chi connectivity index (χ0v) is 11.9. The van der Waals surface area contributed by atoms with E-state index in [0.717, 1.165) is 38.9 Å². The lowest BCUT2D eigenvalue weighted by Gasteiger charge is -2.40. The zero-order valence-electron chi connectivity index (χ0n) is 11.9. The van der Waals surface area contributed by atoms with Crippen LogP contribution in [0.4, 0.5) is 0 Å². The lowest BCUT2D eigenvalue weighted by atomic mass is 9.79. The van der Waals surface area contributed by atoms with Crippen LogP contribution < -0.4 is 5.73 Å². The first kappa shape index (κ1) is 13.8. The van der Waals surface area contributed by atoms with Crippen LogP contribution in [0, 0.1) is 11.8 Å². The third kappa shape index (κ3) is 3.04. The van der Waals surface area contributed by atoms with Gasteiger partial charge in [0.05, 0.1) is 0 Å². The Labute approximate surface area is 110 Å². The molecule has 4 heteroatoms. The van der Waals surface area contributed by atoms with Gasteiger partial charge < -0.3 is 15.5 Å². The van der Waals surface area contributed by atoms with Crippen molar-refractivity contribution in [2.75, 3.05) is 26.7 Å². The van der Waals surface area contributed by atoms with Crippen LogP contribution in [0.15, 0.2) is 0 Å². The first-order valence-corrected chi connectivity index (χ1v) is 7.22. The van der Waals surface area contributed by atoms with Gasteiger partial charge in [0, 0.05) is 37.6 Å². The maximum Gasteiger partial charge on any atom is 0.225 e. The number of hydrogen-bond acceptors (Lipinski definition) is 3. The van der Waals surface area contributed by atoms with Gasteiger partial charge >= 0.3 is 0 Å². The molecule has 0 bridgehead atoms. The number of carbonyl (C=O) groups excluding carboxylic acids is 1. The number of likely N-dealkylation sites (N-methyl/N-ethyl adjacent to an activating group) is 1. The minimum absolute atomic E-state index is 0.166. The minimum atomic E-state index is 0.166. The van der Waals surface area contributed by atoms with Gasteiger partial charge in [-0.15, -0.1) is 0 Å². The molecule has 1 saturated heterocycles. The van der Waals surface area contributed by atoms with Gasteiger partial charge in [0.15, 0.2) is 0 Å². The van der Waals surface area contributed by atoms with Crippen LogP contribution in [-0.4, -0.2) is 54.5 Å². The molecule has 104 valence electrons. The number of piperazine rings is 1. The maximum absolute atomic E-state index is 12.5. The van der Waals surface area contributed by atoms with E-state index in [-0.39, 0.29) is 12.0 Å².